The third-order valence-electron chi connectivity index (χ3n) is 3.11. The summed E-state index contributed by atoms with van der Waals surface area (Å²) in [5.41, 5.74) is 0. The van der Waals surface area contributed by atoms with E-state index in [1.807, 2.05) is 13.8 Å². The highest BCUT2D eigenvalue weighted by Crippen LogP contribution is 2.33. The highest BCUT2D eigenvalue weighted by molar-refractivity contribution is 6.63. The Bertz CT molecular complexity index is 160. The Labute approximate surface area is 99.6 Å². The Morgan fingerprint density at radius 3 is 2.00 bits per heavy atom. The highest BCUT2D eigenvalue weighted by atomic mass is 35.5. The summed E-state index contributed by atoms with van der Waals surface area (Å²) in [6.45, 7) is 6.24. The predicted molar refractivity (Wildman–Crippen MR) is 67.2 cm³/mol. The topological polar surface area (TPSA) is 17.1 Å². The molecule has 0 spiro atoms. The van der Waals surface area contributed by atoms with Gasteiger partial charge in [-0.3, -0.25) is 4.79 Å². The smallest absolute Gasteiger partial charge is 0.221 e. The first-order chi connectivity index (χ1) is 7.22. The van der Waals surface area contributed by atoms with E-state index in [0.717, 1.165) is 5.92 Å². The highest BCUT2D eigenvalue weighted by Gasteiger charge is 2.21. The van der Waals surface area contributed by atoms with Crippen LogP contribution in [0.4, 0.5) is 0 Å². The molecule has 0 heterocycles. The quantitative estimate of drug-likeness (QED) is 0.638. The average molecular weight is 233 g/mol. The molecule has 0 amide bonds. The Morgan fingerprint density at radius 1 is 1.13 bits per heavy atom. The van der Waals surface area contributed by atoms with Gasteiger partial charge in [-0.15, -0.1) is 0 Å². The van der Waals surface area contributed by atoms with Crippen LogP contribution in [0.2, 0.25) is 0 Å². The van der Waals surface area contributed by atoms with E-state index in [0.29, 0.717) is 12.3 Å². The predicted octanol–water partition coefficient (Wildman–Crippen LogP) is 4.77. The SMILES string of the molecule is CC.CCCC1CCC(CC(=O)Cl)CC1. The molecular weight excluding hydrogens is 208 g/mol. The zero-order valence-corrected chi connectivity index (χ0v) is 11.1. The summed E-state index contributed by atoms with van der Waals surface area (Å²) in [7, 11) is 0. The van der Waals surface area contributed by atoms with Crippen molar-refractivity contribution >= 4 is 16.8 Å². The van der Waals surface area contributed by atoms with Gasteiger partial charge < -0.3 is 0 Å². The zero-order chi connectivity index (χ0) is 11.7. The van der Waals surface area contributed by atoms with E-state index in [2.05, 4.69) is 6.92 Å². The maximum atomic E-state index is 10.7. The van der Waals surface area contributed by atoms with E-state index in [1.54, 1.807) is 0 Å². The van der Waals surface area contributed by atoms with E-state index < -0.39 is 0 Å². The van der Waals surface area contributed by atoms with Gasteiger partial charge in [-0.2, -0.15) is 0 Å². The van der Waals surface area contributed by atoms with E-state index in [9.17, 15) is 4.79 Å². The van der Waals surface area contributed by atoms with Crippen LogP contribution in [0.3, 0.4) is 0 Å². The summed E-state index contributed by atoms with van der Waals surface area (Å²) in [4.78, 5) is 10.7. The fraction of sp³-hybridized carbons (Fsp3) is 0.923. The van der Waals surface area contributed by atoms with Crippen molar-refractivity contribution in [2.24, 2.45) is 11.8 Å². The van der Waals surface area contributed by atoms with Gasteiger partial charge >= 0.3 is 0 Å². The number of halogens is 1. The third kappa shape index (κ3) is 6.94. The molecule has 1 rings (SSSR count). The molecule has 1 aliphatic rings. The minimum Gasteiger partial charge on any atom is -0.281 e. The van der Waals surface area contributed by atoms with Crippen molar-refractivity contribution < 1.29 is 4.79 Å². The molecule has 1 saturated carbocycles. The van der Waals surface area contributed by atoms with Gasteiger partial charge in [0.05, 0.1) is 0 Å². The van der Waals surface area contributed by atoms with Gasteiger partial charge in [-0.25, -0.2) is 0 Å². The lowest BCUT2D eigenvalue weighted by molar-refractivity contribution is -0.112. The number of carbonyl (C=O) groups is 1. The fourth-order valence-corrected chi connectivity index (χ4v) is 2.58. The molecule has 0 aromatic rings. The van der Waals surface area contributed by atoms with Crippen LogP contribution in [0, 0.1) is 11.8 Å². The van der Waals surface area contributed by atoms with Gasteiger partial charge in [-0.05, 0) is 36.3 Å². The molecule has 1 aliphatic carbocycles. The van der Waals surface area contributed by atoms with Gasteiger partial charge in [0.1, 0.15) is 0 Å². The van der Waals surface area contributed by atoms with E-state index in [4.69, 9.17) is 11.6 Å². The van der Waals surface area contributed by atoms with Crippen molar-refractivity contribution in [2.45, 2.75) is 65.7 Å². The largest absolute Gasteiger partial charge is 0.281 e. The summed E-state index contributed by atoms with van der Waals surface area (Å²) >= 11 is 5.37. The molecule has 0 N–H and O–H groups in total. The number of carbonyl (C=O) groups excluding carboxylic acids is 1. The normalized spacial score (nSPS) is 25.3. The molecule has 0 aromatic carbocycles. The van der Waals surface area contributed by atoms with Gasteiger partial charge in [-0.1, -0.05) is 46.5 Å². The summed E-state index contributed by atoms with van der Waals surface area (Å²) < 4.78 is 0. The standard InChI is InChI=1S/C11H19ClO.C2H6/c1-2-3-9-4-6-10(7-5-9)8-11(12)13;1-2/h9-10H,2-8H2,1H3;1-2H3. The van der Waals surface area contributed by atoms with Crippen molar-refractivity contribution in [3.05, 3.63) is 0 Å². The molecule has 0 aromatic heterocycles. The molecule has 2 heteroatoms. The first kappa shape index (κ1) is 15.0. The molecule has 0 unspecified atom stereocenters. The molecule has 1 fully saturated rings. The van der Waals surface area contributed by atoms with Gasteiger partial charge in [0.25, 0.3) is 0 Å². The second-order valence-electron chi connectivity index (χ2n) is 4.23. The Morgan fingerprint density at radius 2 is 1.60 bits per heavy atom. The molecule has 0 saturated heterocycles. The van der Waals surface area contributed by atoms with Gasteiger partial charge in [0, 0.05) is 6.42 Å². The maximum absolute atomic E-state index is 10.7. The number of rotatable bonds is 4. The van der Waals surface area contributed by atoms with E-state index in [-0.39, 0.29) is 5.24 Å². The monoisotopic (exact) mass is 232 g/mol. The Hall–Kier alpha value is -0.0400. The van der Waals surface area contributed by atoms with E-state index in [1.165, 1.54) is 38.5 Å². The van der Waals surface area contributed by atoms with Crippen LogP contribution in [-0.4, -0.2) is 5.24 Å². The van der Waals surface area contributed by atoms with Crippen molar-refractivity contribution in [3.63, 3.8) is 0 Å². The average Bonchev–Trinajstić information content (AvgIpc) is 2.24. The van der Waals surface area contributed by atoms with Crippen LogP contribution in [0.25, 0.3) is 0 Å². The molecule has 0 atom stereocenters. The Balaban J connectivity index is 0.000000921. The van der Waals surface area contributed by atoms with Crippen molar-refractivity contribution in [1.29, 1.82) is 0 Å². The van der Waals surface area contributed by atoms with Crippen LogP contribution >= 0.6 is 11.6 Å². The molecular formula is C13H25ClO. The zero-order valence-electron chi connectivity index (χ0n) is 10.4. The van der Waals surface area contributed by atoms with Gasteiger partial charge in [0.2, 0.25) is 5.24 Å². The Kier molecular flexibility index (Phi) is 9.18. The van der Waals surface area contributed by atoms with Crippen molar-refractivity contribution in [1.82, 2.24) is 0 Å². The van der Waals surface area contributed by atoms with Crippen molar-refractivity contribution in [3.8, 4) is 0 Å². The number of hydrogen-bond acceptors (Lipinski definition) is 1. The minimum atomic E-state index is -0.154. The van der Waals surface area contributed by atoms with Crippen LogP contribution in [0.15, 0.2) is 0 Å². The first-order valence-corrected chi connectivity index (χ1v) is 6.78. The first-order valence-electron chi connectivity index (χ1n) is 6.40. The summed E-state index contributed by atoms with van der Waals surface area (Å²) in [6.07, 6.45) is 8.29. The molecule has 0 radical (unpaired) electrons. The van der Waals surface area contributed by atoms with Crippen LogP contribution in [0.1, 0.15) is 65.7 Å². The maximum Gasteiger partial charge on any atom is 0.221 e. The van der Waals surface area contributed by atoms with Gasteiger partial charge in [0.15, 0.2) is 0 Å². The second-order valence-corrected chi connectivity index (χ2v) is 4.66. The lowest BCUT2D eigenvalue weighted by atomic mass is 9.79. The molecule has 0 aliphatic heterocycles. The lowest BCUT2D eigenvalue weighted by Crippen LogP contribution is -2.15. The molecule has 90 valence electrons. The van der Waals surface area contributed by atoms with Crippen LogP contribution in [0.5, 0.6) is 0 Å². The number of hydrogen-bond donors (Lipinski definition) is 0. The molecule has 1 nitrogen and oxygen atoms in total. The fourth-order valence-electron chi connectivity index (χ4n) is 2.36. The summed E-state index contributed by atoms with van der Waals surface area (Å²) in [5, 5.41) is -0.154. The molecule has 0 bridgehead atoms. The third-order valence-corrected chi connectivity index (χ3v) is 3.27. The van der Waals surface area contributed by atoms with Crippen molar-refractivity contribution in [2.75, 3.05) is 0 Å². The van der Waals surface area contributed by atoms with Crippen LogP contribution < -0.4 is 0 Å². The lowest BCUT2D eigenvalue weighted by Gasteiger charge is -2.27. The molecule has 15 heavy (non-hydrogen) atoms. The van der Waals surface area contributed by atoms with Crippen LogP contribution in [-0.2, 0) is 4.79 Å². The summed E-state index contributed by atoms with van der Waals surface area (Å²) in [6, 6.07) is 0. The second kappa shape index (κ2) is 9.21. The summed E-state index contributed by atoms with van der Waals surface area (Å²) in [5.74, 6) is 1.50. The minimum absolute atomic E-state index is 0.154. The van der Waals surface area contributed by atoms with E-state index >= 15 is 0 Å².